The average molecular weight is 421 g/mol. The third-order valence-electron chi connectivity index (χ3n) is 6.61. The zero-order valence-corrected chi connectivity index (χ0v) is 19.0. The lowest BCUT2D eigenvalue weighted by Crippen LogP contribution is -2.31. The van der Waals surface area contributed by atoms with Crippen molar-refractivity contribution in [1.29, 1.82) is 0 Å². The summed E-state index contributed by atoms with van der Waals surface area (Å²) in [6, 6.07) is 14.0. The largest absolute Gasteiger partial charge is 0.459 e. The minimum absolute atomic E-state index is 0.161. The number of hydrogen-bond donors (Lipinski definition) is 0. The first-order chi connectivity index (χ1) is 14.7. The maximum atomic E-state index is 12.7. The number of esters is 2. The molecule has 0 saturated heterocycles. The summed E-state index contributed by atoms with van der Waals surface area (Å²) < 4.78 is 11.9. The second-order valence-corrected chi connectivity index (χ2v) is 9.94. The van der Waals surface area contributed by atoms with Crippen molar-refractivity contribution >= 4 is 11.9 Å². The van der Waals surface area contributed by atoms with Gasteiger partial charge in [-0.3, -0.25) is 9.59 Å². The molecule has 0 spiro atoms. The van der Waals surface area contributed by atoms with E-state index in [1.807, 2.05) is 63.2 Å². The van der Waals surface area contributed by atoms with E-state index in [-0.39, 0.29) is 24.0 Å². The molecular formula is C27H32O4. The highest BCUT2D eigenvalue weighted by atomic mass is 16.6. The van der Waals surface area contributed by atoms with Gasteiger partial charge < -0.3 is 9.47 Å². The Hall–Kier alpha value is -2.62. The lowest BCUT2D eigenvalue weighted by atomic mass is 9.97. The van der Waals surface area contributed by atoms with Crippen molar-refractivity contribution < 1.29 is 19.1 Å². The molecule has 0 radical (unpaired) electrons. The first-order valence-electron chi connectivity index (χ1n) is 11.4. The van der Waals surface area contributed by atoms with Crippen LogP contribution in [0.1, 0.15) is 82.6 Å². The summed E-state index contributed by atoms with van der Waals surface area (Å²) in [7, 11) is 0. The first kappa shape index (κ1) is 21.6. The van der Waals surface area contributed by atoms with Crippen LogP contribution in [0.5, 0.6) is 0 Å². The van der Waals surface area contributed by atoms with Gasteiger partial charge in [0.2, 0.25) is 0 Å². The fourth-order valence-corrected chi connectivity index (χ4v) is 4.72. The fraction of sp³-hybridized carbons (Fsp3) is 0.481. The summed E-state index contributed by atoms with van der Waals surface area (Å²) in [6.45, 7) is 7.68. The van der Waals surface area contributed by atoms with Crippen molar-refractivity contribution in [3.05, 3.63) is 59.2 Å². The molecule has 2 aliphatic rings. The van der Waals surface area contributed by atoms with Gasteiger partial charge >= 0.3 is 11.9 Å². The van der Waals surface area contributed by atoms with Crippen molar-refractivity contribution in [2.45, 2.75) is 77.9 Å². The number of benzene rings is 2. The lowest BCUT2D eigenvalue weighted by molar-refractivity contribution is -0.159. The molecule has 1 unspecified atom stereocenters. The van der Waals surface area contributed by atoms with Crippen LogP contribution in [0.25, 0.3) is 11.1 Å². The maximum Gasteiger partial charge on any atom is 0.312 e. The van der Waals surface area contributed by atoms with Crippen LogP contribution in [0.15, 0.2) is 42.5 Å². The Morgan fingerprint density at radius 2 is 1.68 bits per heavy atom. The van der Waals surface area contributed by atoms with Gasteiger partial charge in [-0.2, -0.15) is 0 Å². The molecule has 0 aromatic heterocycles. The standard InChI is InChI=1S/C27H32O4/c1-5-27(14-8-9-15-27)31-23(28)17-18-12-13-21-22(16-18)19-10-6-7-11-20(19)24(21)30-25(29)26(2,3)4/h6-7,10-13,16,24H,5,8-9,14-15,17H2,1-4H3. The van der Waals surface area contributed by atoms with E-state index in [9.17, 15) is 9.59 Å². The Balaban J connectivity index is 1.58. The molecule has 1 fully saturated rings. The zero-order chi connectivity index (χ0) is 22.2. The van der Waals surface area contributed by atoms with Crippen molar-refractivity contribution in [1.82, 2.24) is 0 Å². The van der Waals surface area contributed by atoms with Crippen LogP contribution in [0.3, 0.4) is 0 Å². The molecule has 0 heterocycles. The molecule has 4 rings (SSSR count). The molecule has 0 aliphatic heterocycles. The lowest BCUT2D eigenvalue weighted by Gasteiger charge is -2.27. The molecule has 0 bridgehead atoms. The summed E-state index contributed by atoms with van der Waals surface area (Å²) in [6.07, 6.45) is 4.90. The normalized spacial score (nSPS) is 18.9. The molecule has 164 valence electrons. The van der Waals surface area contributed by atoms with Gasteiger partial charge in [-0.15, -0.1) is 0 Å². The van der Waals surface area contributed by atoms with E-state index in [1.165, 1.54) is 0 Å². The molecule has 2 aliphatic carbocycles. The molecule has 0 amide bonds. The van der Waals surface area contributed by atoms with E-state index in [4.69, 9.17) is 9.47 Å². The number of fused-ring (bicyclic) bond motifs is 3. The van der Waals surface area contributed by atoms with Crippen LogP contribution < -0.4 is 0 Å². The van der Waals surface area contributed by atoms with Crippen LogP contribution >= 0.6 is 0 Å². The van der Waals surface area contributed by atoms with Crippen LogP contribution in [0.2, 0.25) is 0 Å². The van der Waals surface area contributed by atoms with E-state index in [1.54, 1.807) is 0 Å². The number of carbonyl (C=O) groups is 2. The van der Waals surface area contributed by atoms with Gasteiger partial charge in [0.1, 0.15) is 5.60 Å². The quantitative estimate of drug-likeness (QED) is 0.544. The van der Waals surface area contributed by atoms with Crippen molar-refractivity contribution in [2.24, 2.45) is 5.41 Å². The number of rotatable bonds is 5. The topological polar surface area (TPSA) is 52.6 Å². The second-order valence-electron chi connectivity index (χ2n) is 9.94. The van der Waals surface area contributed by atoms with E-state index in [2.05, 4.69) is 6.92 Å². The molecule has 2 aromatic carbocycles. The predicted octanol–water partition coefficient (Wildman–Crippen LogP) is 6.15. The van der Waals surface area contributed by atoms with Crippen molar-refractivity contribution in [2.75, 3.05) is 0 Å². The molecule has 0 N–H and O–H groups in total. The number of ether oxygens (including phenoxy) is 2. The van der Waals surface area contributed by atoms with E-state index < -0.39 is 11.5 Å². The van der Waals surface area contributed by atoms with Crippen molar-refractivity contribution in [3.8, 4) is 11.1 Å². The zero-order valence-electron chi connectivity index (χ0n) is 19.0. The Morgan fingerprint density at radius 1 is 1.00 bits per heavy atom. The molecule has 4 heteroatoms. The second kappa shape index (κ2) is 8.14. The first-order valence-corrected chi connectivity index (χ1v) is 11.4. The third kappa shape index (κ3) is 4.26. The minimum Gasteiger partial charge on any atom is -0.459 e. The van der Waals surface area contributed by atoms with Gasteiger partial charge in [-0.25, -0.2) is 0 Å². The SMILES string of the molecule is CCC1(OC(=O)Cc2ccc3c(c2)-c2ccccc2C3OC(=O)C(C)(C)C)CCCC1. The van der Waals surface area contributed by atoms with Crippen LogP contribution in [0.4, 0.5) is 0 Å². The van der Waals surface area contributed by atoms with Gasteiger partial charge in [-0.1, -0.05) is 49.4 Å². The third-order valence-corrected chi connectivity index (χ3v) is 6.61. The van der Waals surface area contributed by atoms with Gasteiger partial charge in [-0.05, 0) is 69.6 Å². The maximum absolute atomic E-state index is 12.7. The highest BCUT2D eigenvalue weighted by molar-refractivity contribution is 5.83. The molecule has 31 heavy (non-hydrogen) atoms. The molecular weight excluding hydrogens is 388 g/mol. The Bertz CT molecular complexity index is 993. The van der Waals surface area contributed by atoms with Gasteiger partial charge in [0.05, 0.1) is 11.8 Å². The minimum atomic E-state index is -0.573. The highest BCUT2D eigenvalue weighted by Gasteiger charge is 2.37. The van der Waals surface area contributed by atoms with E-state index in [0.29, 0.717) is 0 Å². The van der Waals surface area contributed by atoms with Crippen LogP contribution in [0, 0.1) is 5.41 Å². The fourth-order valence-electron chi connectivity index (χ4n) is 4.72. The van der Waals surface area contributed by atoms with E-state index in [0.717, 1.165) is 59.9 Å². The number of carbonyl (C=O) groups excluding carboxylic acids is 2. The Morgan fingerprint density at radius 3 is 2.35 bits per heavy atom. The summed E-state index contributed by atoms with van der Waals surface area (Å²) in [5.41, 5.74) is 4.12. The summed E-state index contributed by atoms with van der Waals surface area (Å²) in [5.74, 6) is -0.389. The van der Waals surface area contributed by atoms with Gasteiger partial charge in [0.15, 0.2) is 6.10 Å². The van der Waals surface area contributed by atoms with E-state index >= 15 is 0 Å². The van der Waals surface area contributed by atoms with Crippen LogP contribution in [-0.4, -0.2) is 17.5 Å². The summed E-state index contributed by atoms with van der Waals surface area (Å²) >= 11 is 0. The molecule has 1 saturated carbocycles. The van der Waals surface area contributed by atoms with Gasteiger partial charge in [0, 0.05) is 11.1 Å². The predicted molar refractivity (Wildman–Crippen MR) is 121 cm³/mol. The molecule has 2 aromatic rings. The number of hydrogen-bond acceptors (Lipinski definition) is 4. The monoisotopic (exact) mass is 420 g/mol. The van der Waals surface area contributed by atoms with Gasteiger partial charge in [0.25, 0.3) is 0 Å². The smallest absolute Gasteiger partial charge is 0.312 e. The highest BCUT2D eigenvalue weighted by Crippen LogP contribution is 2.46. The molecule has 1 atom stereocenters. The summed E-state index contributed by atoms with van der Waals surface area (Å²) in [5, 5.41) is 0. The van der Waals surface area contributed by atoms with Crippen molar-refractivity contribution in [3.63, 3.8) is 0 Å². The molecule has 4 nitrogen and oxygen atoms in total. The average Bonchev–Trinajstić information content (AvgIpc) is 3.31. The Labute approximate surface area is 185 Å². The van der Waals surface area contributed by atoms with Crippen LogP contribution in [-0.2, 0) is 25.5 Å². The summed E-state index contributed by atoms with van der Waals surface area (Å²) in [4.78, 5) is 25.3. The Kier molecular flexibility index (Phi) is 5.67.